The second-order valence-electron chi connectivity index (χ2n) is 4.82. The molecule has 0 amide bonds. The van der Waals surface area contributed by atoms with Gasteiger partial charge in [0.05, 0.1) is 5.69 Å². The van der Waals surface area contributed by atoms with Gasteiger partial charge in [-0.3, -0.25) is 0 Å². The Morgan fingerprint density at radius 1 is 1.24 bits per heavy atom. The lowest BCUT2D eigenvalue weighted by Gasteiger charge is -2.10. The number of rotatable bonds is 4. The van der Waals surface area contributed by atoms with E-state index in [1.165, 1.54) is 37.1 Å². The molecule has 0 spiro atoms. The molecule has 92 valence electrons. The molecule has 1 aromatic rings. The maximum Gasteiger partial charge on any atom is 0.105 e. The van der Waals surface area contributed by atoms with E-state index in [0.29, 0.717) is 0 Å². The van der Waals surface area contributed by atoms with Crippen LogP contribution in [0.4, 0.5) is 5.69 Å². The van der Waals surface area contributed by atoms with Gasteiger partial charge in [-0.05, 0) is 37.0 Å². The van der Waals surface area contributed by atoms with Gasteiger partial charge < -0.3 is 4.90 Å². The van der Waals surface area contributed by atoms with Crippen molar-refractivity contribution in [3.63, 3.8) is 0 Å². The first kappa shape index (κ1) is 12.2. The number of unbranched alkanes of at least 4 members (excludes halogenated alkanes) is 1. The average molecular weight is 230 g/mol. The molecule has 1 aliphatic heterocycles. The average Bonchev–Trinajstić information content (AvgIpc) is 2.74. The molecule has 2 rings (SSSR count). The standard InChI is InChI=1S/C15H22N2/c1-3-4-6-13-8-10-14(11-9-13)16-15-7-5-12-17(15)2/h8-11H,3-7,12H2,1-2H3/b16-15+. The molecule has 0 unspecified atom stereocenters. The highest BCUT2D eigenvalue weighted by atomic mass is 15.2. The van der Waals surface area contributed by atoms with Gasteiger partial charge >= 0.3 is 0 Å². The zero-order chi connectivity index (χ0) is 12.1. The van der Waals surface area contributed by atoms with E-state index in [4.69, 9.17) is 4.99 Å². The molecule has 1 fully saturated rings. The van der Waals surface area contributed by atoms with E-state index >= 15 is 0 Å². The van der Waals surface area contributed by atoms with Crippen LogP contribution in [0.2, 0.25) is 0 Å². The molecule has 2 nitrogen and oxygen atoms in total. The van der Waals surface area contributed by atoms with Crippen molar-refractivity contribution >= 4 is 11.5 Å². The van der Waals surface area contributed by atoms with Crippen molar-refractivity contribution in [3.05, 3.63) is 29.8 Å². The smallest absolute Gasteiger partial charge is 0.105 e. The van der Waals surface area contributed by atoms with Crippen molar-refractivity contribution in [2.45, 2.75) is 39.0 Å². The summed E-state index contributed by atoms with van der Waals surface area (Å²) in [7, 11) is 2.13. The van der Waals surface area contributed by atoms with E-state index in [1.54, 1.807) is 0 Å². The number of aliphatic imine (C=N–C) groups is 1. The molecule has 0 radical (unpaired) electrons. The number of amidine groups is 1. The number of hydrogen-bond donors (Lipinski definition) is 0. The molecule has 0 bridgehead atoms. The van der Waals surface area contributed by atoms with E-state index in [9.17, 15) is 0 Å². The largest absolute Gasteiger partial charge is 0.363 e. The van der Waals surface area contributed by atoms with Crippen LogP contribution in [-0.2, 0) is 6.42 Å². The van der Waals surface area contributed by atoms with Crippen molar-refractivity contribution in [2.75, 3.05) is 13.6 Å². The van der Waals surface area contributed by atoms with Gasteiger partial charge in [-0.1, -0.05) is 25.5 Å². The summed E-state index contributed by atoms with van der Waals surface area (Å²) in [5, 5.41) is 0. The Kier molecular flexibility index (Phi) is 4.18. The third kappa shape index (κ3) is 3.32. The number of benzene rings is 1. The van der Waals surface area contributed by atoms with Crippen molar-refractivity contribution < 1.29 is 0 Å². The molecular formula is C15H22N2. The molecule has 0 atom stereocenters. The maximum absolute atomic E-state index is 4.70. The van der Waals surface area contributed by atoms with Crippen LogP contribution in [0, 0.1) is 0 Å². The summed E-state index contributed by atoms with van der Waals surface area (Å²) in [4.78, 5) is 6.96. The fraction of sp³-hybridized carbons (Fsp3) is 0.533. The zero-order valence-electron chi connectivity index (χ0n) is 10.9. The SMILES string of the molecule is CCCCc1ccc(/N=C2\CCCN2C)cc1. The third-order valence-electron chi connectivity index (χ3n) is 3.35. The van der Waals surface area contributed by atoms with E-state index in [-0.39, 0.29) is 0 Å². The van der Waals surface area contributed by atoms with Gasteiger partial charge in [0, 0.05) is 20.0 Å². The van der Waals surface area contributed by atoms with Crippen LogP contribution in [0.5, 0.6) is 0 Å². The van der Waals surface area contributed by atoms with Crippen LogP contribution in [0.1, 0.15) is 38.2 Å². The van der Waals surface area contributed by atoms with Crippen LogP contribution in [0.25, 0.3) is 0 Å². The number of likely N-dealkylation sites (tertiary alicyclic amines) is 1. The van der Waals surface area contributed by atoms with Gasteiger partial charge in [0.25, 0.3) is 0 Å². The second-order valence-corrected chi connectivity index (χ2v) is 4.82. The molecule has 0 aliphatic carbocycles. The van der Waals surface area contributed by atoms with Crippen molar-refractivity contribution in [2.24, 2.45) is 4.99 Å². The predicted molar refractivity (Wildman–Crippen MR) is 74.0 cm³/mol. The molecule has 0 N–H and O–H groups in total. The lowest BCUT2D eigenvalue weighted by atomic mass is 10.1. The predicted octanol–water partition coefficient (Wildman–Crippen LogP) is 3.78. The van der Waals surface area contributed by atoms with Gasteiger partial charge in [-0.15, -0.1) is 0 Å². The first-order valence-corrected chi connectivity index (χ1v) is 6.67. The summed E-state index contributed by atoms with van der Waals surface area (Å²) in [5.74, 6) is 1.23. The van der Waals surface area contributed by atoms with Gasteiger partial charge in [-0.2, -0.15) is 0 Å². The minimum absolute atomic E-state index is 1.09. The highest BCUT2D eigenvalue weighted by Gasteiger charge is 2.13. The van der Waals surface area contributed by atoms with Crippen LogP contribution in [0.3, 0.4) is 0 Å². The molecule has 1 aromatic carbocycles. The number of hydrogen-bond acceptors (Lipinski definition) is 1. The number of nitrogens with zero attached hydrogens (tertiary/aromatic N) is 2. The van der Waals surface area contributed by atoms with Gasteiger partial charge in [-0.25, -0.2) is 4.99 Å². The third-order valence-corrected chi connectivity index (χ3v) is 3.35. The van der Waals surface area contributed by atoms with Gasteiger partial charge in [0.2, 0.25) is 0 Å². The van der Waals surface area contributed by atoms with E-state index in [1.807, 2.05) is 0 Å². The molecule has 1 aliphatic rings. The Bertz CT molecular complexity index is 378. The highest BCUT2D eigenvalue weighted by molar-refractivity contribution is 5.86. The summed E-state index contributed by atoms with van der Waals surface area (Å²) >= 11 is 0. The fourth-order valence-corrected chi connectivity index (χ4v) is 2.20. The van der Waals surface area contributed by atoms with E-state index in [2.05, 4.69) is 43.1 Å². The Labute approximate surface area is 104 Å². The normalized spacial score (nSPS) is 18.0. The van der Waals surface area contributed by atoms with Crippen molar-refractivity contribution in [1.82, 2.24) is 4.90 Å². The summed E-state index contributed by atoms with van der Waals surface area (Å²) in [6, 6.07) is 8.71. The number of aryl methyl sites for hydroxylation is 1. The first-order valence-electron chi connectivity index (χ1n) is 6.67. The van der Waals surface area contributed by atoms with Crippen LogP contribution in [0.15, 0.2) is 29.3 Å². The quantitative estimate of drug-likeness (QED) is 0.768. The van der Waals surface area contributed by atoms with Crippen LogP contribution >= 0.6 is 0 Å². The summed E-state index contributed by atoms with van der Waals surface area (Å²) < 4.78 is 0. The van der Waals surface area contributed by atoms with Crippen LogP contribution < -0.4 is 0 Å². The summed E-state index contributed by atoms with van der Waals surface area (Å²) in [6.45, 7) is 3.38. The Morgan fingerprint density at radius 3 is 2.59 bits per heavy atom. The lowest BCUT2D eigenvalue weighted by molar-refractivity contribution is 0.550. The van der Waals surface area contributed by atoms with Gasteiger partial charge in [0.15, 0.2) is 0 Å². The second kappa shape index (κ2) is 5.85. The zero-order valence-corrected chi connectivity index (χ0v) is 10.9. The molecule has 0 aromatic heterocycles. The van der Waals surface area contributed by atoms with E-state index < -0.39 is 0 Å². The summed E-state index contributed by atoms with van der Waals surface area (Å²) in [6.07, 6.45) is 6.08. The Morgan fingerprint density at radius 2 is 2.00 bits per heavy atom. The topological polar surface area (TPSA) is 15.6 Å². The summed E-state index contributed by atoms with van der Waals surface area (Å²) in [5.41, 5.74) is 2.52. The molecule has 1 heterocycles. The molecule has 0 saturated carbocycles. The fourth-order valence-electron chi connectivity index (χ4n) is 2.20. The minimum atomic E-state index is 1.09. The Balaban J connectivity index is 2.02. The highest BCUT2D eigenvalue weighted by Crippen LogP contribution is 2.18. The van der Waals surface area contributed by atoms with Crippen molar-refractivity contribution in [3.8, 4) is 0 Å². The first-order chi connectivity index (χ1) is 8.29. The minimum Gasteiger partial charge on any atom is -0.363 e. The Hall–Kier alpha value is -1.31. The lowest BCUT2D eigenvalue weighted by Crippen LogP contribution is -2.18. The molecular weight excluding hydrogens is 208 g/mol. The monoisotopic (exact) mass is 230 g/mol. The van der Waals surface area contributed by atoms with Crippen LogP contribution in [-0.4, -0.2) is 24.3 Å². The molecule has 17 heavy (non-hydrogen) atoms. The van der Waals surface area contributed by atoms with E-state index in [0.717, 1.165) is 18.7 Å². The van der Waals surface area contributed by atoms with Gasteiger partial charge in [0.1, 0.15) is 5.84 Å². The maximum atomic E-state index is 4.70. The molecule has 1 saturated heterocycles. The van der Waals surface area contributed by atoms with Crippen molar-refractivity contribution in [1.29, 1.82) is 0 Å². The molecule has 2 heteroatoms.